The minimum atomic E-state index is 0.513. The van der Waals surface area contributed by atoms with Gasteiger partial charge in [0.05, 0.1) is 5.69 Å². The van der Waals surface area contributed by atoms with Crippen LogP contribution in [0, 0.1) is 5.41 Å². The quantitative estimate of drug-likeness (QED) is 0.803. The second-order valence-corrected chi connectivity index (χ2v) is 5.52. The molecule has 0 aromatic carbocycles. The lowest BCUT2D eigenvalue weighted by molar-refractivity contribution is 0.232. The Morgan fingerprint density at radius 2 is 2.06 bits per heavy atom. The number of hydrogen-bond donors (Lipinski definition) is 2. The fraction of sp³-hybridized carbons (Fsp3) is 0.615. The van der Waals surface area contributed by atoms with E-state index in [0.717, 1.165) is 5.69 Å². The molecule has 1 aliphatic rings. The predicted octanol–water partition coefficient (Wildman–Crippen LogP) is 3.04. The molecule has 1 saturated carbocycles. The first-order valence-electron chi connectivity index (χ1n) is 6.04. The predicted molar refractivity (Wildman–Crippen MR) is 68.3 cm³/mol. The molecule has 0 bridgehead atoms. The zero-order chi connectivity index (χ0) is 11.6. The van der Waals surface area contributed by atoms with E-state index in [1.165, 1.54) is 25.7 Å². The standard InChI is InChI=1S/C13H21N3/c1-13(2)7-5-10(6-8-13)16-11-4-3-9-15-12(11)14/h3-4,9-10,16H,5-8H2,1-2H3,(H2,14,15). The number of rotatable bonds is 2. The molecule has 1 aromatic rings. The molecule has 0 amide bonds. The average molecular weight is 219 g/mol. The highest BCUT2D eigenvalue weighted by Crippen LogP contribution is 2.36. The number of nitrogens with one attached hydrogen (secondary N) is 1. The number of aromatic nitrogens is 1. The van der Waals surface area contributed by atoms with E-state index in [2.05, 4.69) is 24.1 Å². The molecule has 0 spiro atoms. The molecular weight excluding hydrogens is 198 g/mol. The maximum Gasteiger partial charge on any atom is 0.146 e. The van der Waals surface area contributed by atoms with Crippen LogP contribution in [-0.2, 0) is 0 Å². The van der Waals surface area contributed by atoms with Gasteiger partial charge in [0.1, 0.15) is 5.82 Å². The minimum absolute atomic E-state index is 0.513. The fourth-order valence-corrected chi connectivity index (χ4v) is 2.30. The summed E-state index contributed by atoms with van der Waals surface area (Å²) in [5, 5.41) is 3.50. The lowest BCUT2D eigenvalue weighted by Gasteiger charge is -2.35. The summed E-state index contributed by atoms with van der Waals surface area (Å²) >= 11 is 0. The number of nitrogens with two attached hydrogens (primary N) is 1. The van der Waals surface area contributed by atoms with Gasteiger partial charge in [-0.1, -0.05) is 13.8 Å². The molecule has 1 aromatic heterocycles. The Bertz CT molecular complexity index is 350. The number of anilines is 2. The summed E-state index contributed by atoms with van der Waals surface area (Å²) in [6, 6.07) is 4.48. The van der Waals surface area contributed by atoms with E-state index in [9.17, 15) is 0 Å². The lowest BCUT2D eigenvalue weighted by atomic mass is 9.75. The van der Waals surface area contributed by atoms with Crippen molar-refractivity contribution in [2.24, 2.45) is 5.41 Å². The average Bonchev–Trinajstić information content (AvgIpc) is 2.24. The van der Waals surface area contributed by atoms with Crippen molar-refractivity contribution >= 4 is 11.5 Å². The second kappa shape index (κ2) is 4.32. The molecule has 3 N–H and O–H groups in total. The van der Waals surface area contributed by atoms with Crippen LogP contribution in [-0.4, -0.2) is 11.0 Å². The van der Waals surface area contributed by atoms with Gasteiger partial charge in [-0.15, -0.1) is 0 Å². The van der Waals surface area contributed by atoms with Gasteiger partial charge in [-0.25, -0.2) is 4.98 Å². The van der Waals surface area contributed by atoms with Crippen molar-refractivity contribution < 1.29 is 0 Å². The summed E-state index contributed by atoms with van der Waals surface area (Å²) in [6.45, 7) is 4.70. The minimum Gasteiger partial charge on any atom is -0.382 e. The van der Waals surface area contributed by atoms with E-state index in [1.54, 1.807) is 6.20 Å². The zero-order valence-electron chi connectivity index (χ0n) is 10.2. The Kier molecular flexibility index (Phi) is 3.03. The van der Waals surface area contributed by atoms with Crippen LogP contribution in [0.1, 0.15) is 39.5 Å². The van der Waals surface area contributed by atoms with Gasteiger partial charge < -0.3 is 11.1 Å². The van der Waals surface area contributed by atoms with Crippen LogP contribution in [0.2, 0.25) is 0 Å². The molecule has 3 nitrogen and oxygen atoms in total. The highest BCUT2D eigenvalue weighted by molar-refractivity contribution is 5.61. The summed E-state index contributed by atoms with van der Waals surface area (Å²) in [7, 11) is 0. The topological polar surface area (TPSA) is 50.9 Å². The lowest BCUT2D eigenvalue weighted by Crippen LogP contribution is -2.30. The summed E-state index contributed by atoms with van der Waals surface area (Å²) < 4.78 is 0. The fourth-order valence-electron chi connectivity index (χ4n) is 2.30. The number of nitrogens with zero attached hydrogens (tertiary/aromatic N) is 1. The third kappa shape index (κ3) is 2.65. The smallest absolute Gasteiger partial charge is 0.146 e. The Hall–Kier alpha value is -1.25. The van der Waals surface area contributed by atoms with Crippen LogP contribution in [0.25, 0.3) is 0 Å². The second-order valence-electron chi connectivity index (χ2n) is 5.52. The van der Waals surface area contributed by atoms with Crippen LogP contribution < -0.4 is 11.1 Å². The van der Waals surface area contributed by atoms with Gasteiger partial charge in [0.2, 0.25) is 0 Å². The van der Waals surface area contributed by atoms with Gasteiger partial charge in [-0.2, -0.15) is 0 Å². The van der Waals surface area contributed by atoms with Gasteiger partial charge in [0, 0.05) is 12.2 Å². The molecule has 88 valence electrons. The molecule has 2 rings (SSSR count). The molecule has 3 heteroatoms. The number of nitrogen functional groups attached to an aromatic ring is 1. The summed E-state index contributed by atoms with van der Waals surface area (Å²) in [4.78, 5) is 4.09. The molecule has 0 atom stereocenters. The molecule has 1 heterocycles. The Labute approximate surface area is 97.5 Å². The van der Waals surface area contributed by atoms with Gasteiger partial charge in [-0.3, -0.25) is 0 Å². The van der Waals surface area contributed by atoms with E-state index in [4.69, 9.17) is 5.73 Å². The normalized spacial score (nSPS) is 20.6. The van der Waals surface area contributed by atoms with Crippen molar-refractivity contribution in [1.82, 2.24) is 4.98 Å². The van der Waals surface area contributed by atoms with Crippen LogP contribution in [0.4, 0.5) is 11.5 Å². The molecule has 1 aliphatic carbocycles. The largest absolute Gasteiger partial charge is 0.382 e. The number of hydrogen-bond acceptors (Lipinski definition) is 3. The van der Waals surface area contributed by atoms with Crippen LogP contribution in [0.15, 0.2) is 18.3 Å². The van der Waals surface area contributed by atoms with Crippen LogP contribution in [0.5, 0.6) is 0 Å². The van der Waals surface area contributed by atoms with E-state index in [-0.39, 0.29) is 0 Å². The van der Waals surface area contributed by atoms with Crippen molar-refractivity contribution in [2.75, 3.05) is 11.1 Å². The first kappa shape index (κ1) is 11.2. The van der Waals surface area contributed by atoms with Gasteiger partial charge in [0.25, 0.3) is 0 Å². The molecular formula is C13H21N3. The van der Waals surface area contributed by atoms with Crippen molar-refractivity contribution in [3.8, 4) is 0 Å². The molecule has 1 fully saturated rings. The van der Waals surface area contributed by atoms with E-state index in [1.807, 2.05) is 12.1 Å². The zero-order valence-corrected chi connectivity index (χ0v) is 10.2. The first-order chi connectivity index (χ1) is 7.57. The van der Waals surface area contributed by atoms with E-state index >= 15 is 0 Å². The SMILES string of the molecule is CC1(C)CCC(Nc2cccnc2N)CC1. The summed E-state index contributed by atoms with van der Waals surface area (Å²) in [5.41, 5.74) is 7.31. The van der Waals surface area contributed by atoms with Crippen molar-refractivity contribution in [3.63, 3.8) is 0 Å². The van der Waals surface area contributed by atoms with Crippen molar-refractivity contribution in [3.05, 3.63) is 18.3 Å². The Morgan fingerprint density at radius 3 is 2.69 bits per heavy atom. The highest BCUT2D eigenvalue weighted by atomic mass is 15.0. The van der Waals surface area contributed by atoms with Crippen molar-refractivity contribution in [1.29, 1.82) is 0 Å². The first-order valence-corrected chi connectivity index (χ1v) is 6.04. The molecule has 0 aliphatic heterocycles. The Balaban J connectivity index is 1.95. The molecule has 16 heavy (non-hydrogen) atoms. The monoisotopic (exact) mass is 219 g/mol. The van der Waals surface area contributed by atoms with Crippen LogP contribution >= 0.6 is 0 Å². The van der Waals surface area contributed by atoms with Gasteiger partial charge >= 0.3 is 0 Å². The molecule has 0 saturated heterocycles. The maximum absolute atomic E-state index is 5.82. The van der Waals surface area contributed by atoms with Gasteiger partial charge in [-0.05, 0) is 43.2 Å². The number of pyridine rings is 1. The van der Waals surface area contributed by atoms with E-state index < -0.39 is 0 Å². The highest BCUT2D eigenvalue weighted by Gasteiger charge is 2.26. The van der Waals surface area contributed by atoms with Gasteiger partial charge in [0.15, 0.2) is 0 Å². The summed E-state index contributed by atoms with van der Waals surface area (Å²) in [6.07, 6.45) is 6.74. The molecule has 0 unspecified atom stereocenters. The third-order valence-electron chi connectivity index (χ3n) is 3.54. The van der Waals surface area contributed by atoms with Crippen LogP contribution in [0.3, 0.4) is 0 Å². The molecule has 0 radical (unpaired) electrons. The van der Waals surface area contributed by atoms with Crippen molar-refractivity contribution in [2.45, 2.75) is 45.6 Å². The Morgan fingerprint density at radius 1 is 1.38 bits per heavy atom. The van der Waals surface area contributed by atoms with E-state index in [0.29, 0.717) is 17.3 Å². The summed E-state index contributed by atoms with van der Waals surface area (Å²) in [5.74, 6) is 0.604. The third-order valence-corrected chi connectivity index (χ3v) is 3.54. The maximum atomic E-state index is 5.82.